The fourth-order valence-corrected chi connectivity index (χ4v) is 6.26. The number of nitrogens with zero attached hydrogens (tertiary/aromatic N) is 2. The first-order valence-electron chi connectivity index (χ1n) is 11.7. The van der Waals surface area contributed by atoms with E-state index in [0.29, 0.717) is 17.8 Å². The lowest BCUT2D eigenvalue weighted by Crippen LogP contribution is -2.44. The van der Waals surface area contributed by atoms with Crippen molar-refractivity contribution in [1.29, 1.82) is 0 Å². The van der Waals surface area contributed by atoms with Crippen molar-refractivity contribution in [2.45, 2.75) is 74.6 Å². The van der Waals surface area contributed by atoms with Gasteiger partial charge in [-0.15, -0.1) is 11.8 Å². The molecule has 1 unspecified atom stereocenters. The van der Waals surface area contributed by atoms with Gasteiger partial charge in [-0.1, -0.05) is 37.1 Å². The lowest BCUT2D eigenvalue weighted by atomic mass is 9.97. The lowest BCUT2D eigenvalue weighted by Gasteiger charge is -2.39. The number of nitrogen functional groups attached to an aromatic ring is 1. The van der Waals surface area contributed by atoms with Crippen LogP contribution >= 0.6 is 11.8 Å². The van der Waals surface area contributed by atoms with Crippen molar-refractivity contribution >= 4 is 29.0 Å². The molecule has 2 aromatic carbocycles. The van der Waals surface area contributed by atoms with Gasteiger partial charge in [0.1, 0.15) is 5.25 Å². The molecule has 3 atom stereocenters. The first kappa shape index (κ1) is 22.2. The molecule has 2 aromatic rings. The van der Waals surface area contributed by atoms with E-state index in [-0.39, 0.29) is 11.2 Å². The van der Waals surface area contributed by atoms with Crippen LogP contribution in [0.2, 0.25) is 0 Å². The first-order valence-corrected chi connectivity index (χ1v) is 12.6. The molecule has 2 heterocycles. The van der Waals surface area contributed by atoms with Gasteiger partial charge < -0.3 is 10.6 Å². The smallest absolute Gasteiger partial charge is 0.245 e. The van der Waals surface area contributed by atoms with Crippen LogP contribution in [0.3, 0.4) is 0 Å². The SMILES string of the molecule is C[C@@H]1CCC[C@H](C)N1CCCCCN1C(=O)C(c2cccc(N)c2)Sc2ccccc21. The minimum atomic E-state index is -0.228. The number of anilines is 2. The van der Waals surface area contributed by atoms with E-state index in [2.05, 4.69) is 36.9 Å². The molecule has 5 heteroatoms. The molecule has 0 aliphatic carbocycles. The van der Waals surface area contributed by atoms with E-state index in [1.165, 1.54) is 37.1 Å². The topological polar surface area (TPSA) is 49.6 Å². The summed E-state index contributed by atoms with van der Waals surface area (Å²) in [5, 5.41) is -0.228. The molecule has 0 bridgehead atoms. The van der Waals surface area contributed by atoms with Crippen molar-refractivity contribution < 1.29 is 4.79 Å². The number of unbranched alkanes of at least 4 members (excludes halogenated alkanes) is 2. The maximum Gasteiger partial charge on any atom is 0.245 e. The van der Waals surface area contributed by atoms with Gasteiger partial charge in [0.15, 0.2) is 0 Å². The maximum atomic E-state index is 13.5. The highest BCUT2D eigenvalue weighted by atomic mass is 32.2. The van der Waals surface area contributed by atoms with Gasteiger partial charge in [-0.05, 0) is 75.9 Å². The Bertz CT molecular complexity index is 892. The number of carbonyl (C=O) groups excluding carboxylic acids is 1. The van der Waals surface area contributed by atoms with Gasteiger partial charge in [-0.2, -0.15) is 0 Å². The van der Waals surface area contributed by atoms with E-state index >= 15 is 0 Å². The molecule has 31 heavy (non-hydrogen) atoms. The van der Waals surface area contributed by atoms with Crippen molar-refractivity contribution in [2.75, 3.05) is 23.7 Å². The Morgan fingerprint density at radius 2 is 1.71 bits per heavy atom. The Kier molecular flexibility index (Phi) is 7.24. The minimum absolute atomic E-state index is 0.174. The van der Waals surface area contributed by atoms with E-state index in [1.54, 1.807) is 11.8 Å². The van der Waals surface area contributed by atoms with Crippen molar-refractivity contribution in [3.8, 4) is 0 Å². The molecule has 0 radical (unpaired) electrons. The van der Waals surface area contributed by atoms with Gasteiger partial charge >= 0.3 is 0 Å². The van der Waals surface area contributed by atoms with Crippen molar-refractivity contribution in [3.05, 3.63) is 54.1 Å². The molecule has 2 aliphatic heterocycles. The number of piperidine rings is 1. The summed E-state index contributed by atoms with van der Waals surface area (Å²) >= 11 is 1.64. The summed E-state index contributed by atoms with van der Waals surface area (Å²) in [5.74, 6) is 0.174. The number of hydrogen-bond acceptors (Lipinski definition) is 4. The third-order valence-electron chi connectivity index (χ3n) is 6.78. The number of carbonyl (C=O) groups is 1. The van der Waals surface area contributed by atoms with E-state index < -0.39 is 0 Å². The van der Waals surface area contributed by atoms with Gasteiger partial charge in [0.25, 0.3) is 0 Å². The molecule has 166 valence electrons. The number of amides is 1. The number of nitrogens with two attached hydrogens (primary N) is 1. The molecule has 0 spiro atoms. The second-order valence-corrected chi connectivity index (χ2v) is 10.2. The molecular weight excluding hydrogens is 402 g/mol. The Morgan fingerprint density at radius 1 is 0.968 bits per heavy atom. The predicted octanol–water partition coefficient (Wildman–Crippen LogP) is 5.88. The Labute approximate surface area is 191 Å². The highest BCUT2D eigenvalue weighted by Crippen LogP contribution is 2.46. The second kappa shape index (κ2) is 10.1. The third kappa shape index (κ3) is 5.09. The average Bonchev–Trinajstić information content (AvgIpc) is 2.76. The summed E-state index contributed by atoms with van der Waals surface area (Å²) in [6, 6.07) is 17.4. The van der Waals surface area contributed by atoms with Gasteiger partial charge in [0.2, 0.25) is 5.91 Å². The summed E-state index contributed by atoms with van der Waals surface area (Å²) in [6.45, 7) is 6.69. The zero-order valence-corrected chi connectivity index (χ0v) is 19.6. The van der Waals surface area contributed by atoms with Crippen molar-refractivity contribution in [1.82, 2.24) is 4.90 Å². The zero-order valence-electron chi connectivity index (χ0n) is 18.8. The van der Waals surface area contributed by atoms with Gasteiger partial charge in [-0.3, -0.25) is 9.69 Å². The molecule has 4 nitrogen and oxygen atoms in total. The number of hydrogen-bond donors (Lipinski definition) is 1. The number of para-hydroxylation sites is 1. The van der Waals surface area contributed by atoms with E-state index in [0.717, 1.165) is 30.6 Å². The molecule has 2 N–H and O–H groups in total. The average molecular weight is 438 g/mol. The standard InChI is InChI=1S/C26H35N3OS/c1-19-10-8-11-20(2)28(19)16-6-3-7-17-29-23-14-4-5-15-24(23)31-25(26(29)30)21-12-9-13-22(27)18-21/h4-5,9,12-15,18-20,25H,3,6-8,10-11,16-17,27H2,1-2H3/t19-,20+,25?. The highest BCUT2D eigenvalue weighted by Gasteiger charge is 2.34. The van der Waals surface area contributed by atoms with Crippen LogP contribution in [0.4, 0.5) is 11.4 Å². The van der Waals surface area contributed by atoms with Crippen LogP contribution < -0.4 is 10.6 Å². The summed E-state index contributed by atoms with van der Waals surface area (Å²) in [7, 11) is 0. The third-order valence-corrected chi connectivity index (χ3v) is 8.09. The number of thioether (sulfide) groups is 1. The van der Waals surface area contributed by atoms with Crippen LogP contribution in [0.5, 0.6) is 0 Å². The minimum Gasteiger partial charge on any atom is -0.399 e. The van der Waals surface area contributed by atoms with Crippen LogP contribution in [0, 0.1) is 0 Å². The van der Waals surface area contributed by atoms with Gasteiger partial charge in [0, 0.05) is 29.2 Å². The molecular formula is C26H35N3OS. The van der Waals surface area contributed by atoms with Crippen LogP contribution in [-0.2, 0) is 4.79 Å². The van der Waals surface area contributed by atoms with E-state index in [1.807, 2.05) is 35.2 Å². The normalized spacial score (nSPS) is 24.3. The predicted molar refractivity (Wildman–Crippen MR) is 132 cm³/mol. The Hall–Kier alpha value is -1.98. The second-order valence-electron chi connectivity index (χ2n) is 9.05. The highest BCUT2D eigenvalue weighted by molar-refractivity contribution is 8.00. The Balaban J connectivity index is 1.39. The molecule has 1 saturated heterocycles. The summed E-state index contributed by atoms with van der Waals surface area (Å²) < 4.78 is 0. The van der Waals surface area contributed by atoms with Crippen LogP contribution in [0.25, 0.3) is 0 Å². The summed E-state index contributed by atoms with van der Waals surface area (Å²) in [6.07, 6.45) is 7.40. The lowest BCUT2D eigenvalue weighted by molar-refractivity contribution is -0.118. The van der Waals surface area contributed by atoms with Crippen LogP contribution in [0.1, 0.15) is 63.2 Å². The summed E-state index contributed by atoms with van der Waals surface area (Å²) in [4.78, 5) is 19.3. The molecule has 1 fully saturated rings. The first-order chi connectivity index (χ1) is 15.0. The fourth-order valence-electron chi connectivity index (χ4n) is 5.04. The number of benzene rings is 2. The van der Waals surface area contributed by atoms with E-state index in [4.69, 9.17) is 5.73 Å². The molecule has 0 aromatic heterocycles. The zero-order chi connectivity index (χ0) is 21.8. The van der Waals surface area contributed by atoms with Crippen molar-refractivity contribution in [2.24, 2.45) is 0 Å². The number of fused-ring (bicyclic) bond motifs is 1. The van der Waals surface area contributed by atoms with Crippen LogP contribution in [-0.4, -0.2) is 36.0 Å². The maximum absolute atomic E-state index is 13.5. The van der Waals surface area contributed by atoms with Crippen LogP contribution in [0.15, 0.2) is 53.4 Å². The quantitative estimate of drug-likeness (QED) is 0.434. The summed E-state index contributed by atoms with van der Waals surface area (Å²) in [5.41, 5.74) is 8.74. The number of likely N-dealkylation sites (tertiary alicyclic amines) is 1. The monoisotopic (exact) mass is 437 g/mol. The largest absolute Gasteiger partial charge is 0.399 e. The fraction of sp³-hybridized carbons (Fsp3) is 0.500. The number of rotatable bonds is 7. The Morgan fingerprint density at radius 3 is 2.48 bits per heavy atom. The molecule has 2 aliphatic rings. The molecule has 0 saturated carbocycles. The van der Waals surface area contributed by atoms with E-state index in [9.17, 15) is 4.79 Å². The van der Waals surface area contributed by atoms with Gasteiger partial charge in [-0.25, -0.2) is 0 Å². The van der Waals surface area contributed by atoms with Gasteiger partial charge in [0.05, 0.1) is 5.69 Å². The van der Waals surface area contributed by atoms with Crippen molar-refractivity contribution in [3.63, 3.8) is 0 Å². The molecule has 1 amide bonds. The molecule has 4 rings (SSSR count).